The molecule has 0 unspecified atom stereocenters. The molecular formula is C20H25NOS. The molecule has 0 aliphatic carbocycles. The van der Waals surface area contributed by atoms with Crippen LogP contribution in [0.25, 0.3) is 0 Å². The third kappa shape index (κ3) is 6.49. The lowest BCUT2D eigenvalue weighted by atomic mass is 10.1. The van der Waals surface area contributed by atoms with Crippen molar-refractivity contribution in [1.29, 1.82) is 0 Å². The van der Waals surface area contributed by atoms with Gasteiger partial charge in [0.05, 0.1) is 0 Å². The first-order valence-electron chi connectivity index (χ1n) is 8.21. The van der Waals surface area contributed by atoms with Crippen LogP contribution in [0.1, 0.15) is 30.0 Å². The maximum absolute atomic E-state index is 11.9. The molecule has 2 aromatic carbocycles. The highest BCUT2D eigenvalue weighted by atomic mass is 32.2. The van der Waals surface area contributed by atoms with Crippen molar-refractivity contribution in [2.75, 3.05) is 12.3 Å². The van der Waals surface area contributed by atoms with Gasteiger partial charge in [-0.15, -0.1) is 11.8 Å². The predicted molar refractivity (Wildman–Crippen MR) is 99.1 cm³/mol. The number of hydrogen-bond acceptors (Lipinski definition) is 2. The van der Waals surface area contributed by atoms with Gasteiger partial charge < -0.3 is 5.32 Å². The summed E-state index contributed by atoms with van der Waals surface area (Å²) in [6.45, 7) is 4.95. The van der Waals surface area contributed by atoms with Gasteiger partial charge in [-0.3, -0.25) is 4.79 Å². The summed E-state index contributed by atoms with van der Waals surface area (Å²) in [7, 11) is 0. The number of benzene rings is 2. The topological polar surface area (TPSA) is 29.1 Å². The minimum absolute atomic E-state index is 0.133. The lowest BCUT2D eigenvalue weighted by Gasteiger charge is -2.06. The molecule has 3 heteroatoms. The summed E-state index contributed by atoms with van der Waals surface area (Å²) < 4.78 is 0. The molecule has 1 amide bonds. The average molecular weight is 327 g/mol. The average Bonchev–Trinajstić information content (AvgIpc) is 2.59. The van der Waals surface area contributed by atoms with Crippen molar-refractivity contribution in [3.63, 3.8) is 0 Å². The standard InChI is InChI=1S/C20H25NOS/c1-3-17-6-8-18(9-7-17)10-13-20(22)21-14-15-23-19-11-4-16(2)5-12-19/h4-9,11-12H,3,10,13-15H2,1-2H3,(H,21,22). The lowest BCUT2D eigenvalue weighted by molar-refractivity contribution is -0.120. The fourth-order valence-electron chi connectivity index (χ4n) is 2.28. The summed E-state index contributed by atoms with van der Waals surface area (Å²) in [5, 5.41) is 3.00. The first kappa shape index (κ1) is 17.6. The van der Waals surface area contributed by atoms with E-state index in [-0.39, 0.29) is 5.91 Å². The first-order valence-corrected chi connectivity index (χ1v) is 9.20. The van der Waals surface area contributed by atoms with Crippen molar-refractivity contribution < 1.29 is 4.79 Å². The van der Waals surface area contributed by atoms with E-state index in [0.717, 1.165) is 18.6 Å². The molecule has 0 aromatic heterocycles. The highest BCUT2D eigenvalue weighted by Crippen LogP contribution is 2.17. The largest absolute Gasteiger partial charge is 0.355 e. The zero-order valence-corrected chi connectivity index (χ0v) is 14.8. The monoisotopic (exact) mass is 327 g/mol. The Morgan fingerprint density at radius 3 is 2.30 bits per heavy atom. The van der Waals surface area contributed by atoms with Crippen LogP contribution in [0.2, 0.25) is 0 Å². The van der Waals surface area contributed by atoms with Gasteiger partial charge in [-0.2, -0.15) is 0 Å². The Hall–Kier alpha value is -1.74. The molecule has 0 radical (unpaired) electrons. The number of nitrogens with one attached hydrogen (secondary N) is 1. The van der Waals surface area contributed by atoms with Gasteiger partial charge in [-0.1, -0.05) is 48.9 Å². The summed E-state index contributed by atoms with van der Waals surface area (Å²) in [5.74, 6) is 1.04. The number of aryl methyl sites for hydroxylation is 3. The molecule has 1 N–H and O–H groups in total. The molecule has 2 rings (SSSR count). The first-order chi connectivity index (χ1) is 11.2. The molecule has 0 aliphatic rings. The zero-order valence-electron chi connectivity index (χ0n) is 14.0. The second kappa shape index (κ2) is 9.41. The van der Waals surface area contributed by atoms with Crippen LogP contribution >= 0.6 is 11.8 Å². The highest BCUT2D eigenvalue weighted by molar-refractivity contribution is 7.99. The second-order valence-electron chi connectivity index (χ2n) is 5.68. The normalized spacial score (nSPS) is 10.5. The molecule has 0 fully saturated rings. The number of thioether (sulfide) groups is 1. The van der Waals surface area contributed by atoms with Crippen LogP contribution in [-0.2, 0) is 17.6 Å². The molecule has 0 saturated heterocycles. The summed E-state index contributed by atoms with van der Waals surface area (Å²) in [5.41, 5.74) is 3.84. The fourth-order valence-corrected chi connectivity index (χ4v) is 3.05. The minimum Gasteiger partial charge on any atom is -0.355 e. The Bertz CT molecular complexity index is 605. The van der Waals surface area contributed by atoms with Gasteiger partial charge in [0, 0.05) is 23.6 Å². The number of hydrogen-bond donors (Lipinski definition) is 1. The number of carbonyl (C=O) groups is 1. The van der Waals surface area contributed by atoms with Gasteiger partial charge in [-0.25, -0.2) is 0 Å². The molecular weight excluding hydrogens is 302 g/mol. The Morgan fingerprint density at radius 1 is 1.00 bits per heavy atom. The van der Waals surface area contributed by atoms with E-state index in [1.165, 1.54) is 21.6 Å². The van der Waals surface area contributed by atoms with E-state index in [0.29, 0.717) is 13.0 Å². The Labute approximate surface area is 143 Å². The summed E-state index contributed by atoms with van der Waals surface area (Å²) >= 11 is 1.77. The van der Waals surface area contributed by atoms with Gasteiger partial charge in [0.15, 0.2) is 0 Å². The molecule has 0 atom stereocenters. The van der Waals surface area contributed by atoms with Gasteiger partial charge in [-0.05, 0) is 43.0 Å². The van der Waals surface area contributed by atoms with Crippen LogP contribution in [0.4, 0.5) is 0 Å². The van der Waals surface area contributed by atoms with E-state index in [4.69, 9.17) is 0 Å². The van der Waals surface area contributed by atoms with E-state index >= 15 is 0 Å². The minimum atomic E-state index is 0.133. The van der Waals surface area contributed by atoms with Crippen molar-refractivity contribution in [3.8, 4) is 0 Å². The van der Waals surface area contributed by atoms with Crippen LogP contribution in [0.15, 0.2) is 53.4 Å². The van der Waals surface area contributed by atoms with E-state index in [2.05, 4.69) is 67.7 Å². The maximum Gasteiger partial charge on any atom is 0.220 e. The van der Waals surface area contributed by atoms with E-state index in [9.17, 15) is 4.79 Å². The number of rotatable bonds is 8. The van der Waals surface area contributed by atoms with Gasteiger partial charge in [0.1, 0.15) is 0 Å². The van der Waals surface area contributed by atoms with Crippen LogP contribution in [-0.4, -0.2) is 18.2 Å². The molecule has 122 valence electrons. The molecule has 0 bridgehead atoms. The van der Waals surface area contributed by atoms with E-state index in [1.807, 2.05) is 0 Å². The molecule has 0 spiro atoms. The molecule has 0 heterocycles. The third-order valence-electron chi connectivity index (χ3n) is 3.79. The number of amides is 1. The van der Waals surface area contributed by atoms with Crippen molar-refractivity contribution in [2.45, 2.75) is 38.0 Å². The van der Waals surface area contributed by atoms with Crippen molar-refractivity contribution in [1.82, 2.24) is 5.32 Å². The number of carbonyl (C=O) groups excluding carboxylic acids is 1. The summed E-state index contributed by atoms with van der Waals surface area (Å²) in [4.78, 5) is 13.1. The smallest absolute Gasteiger partial charge is 0.220 e. The summed E-state index contributed by atoms with van der Waals surface area (Å²) in [6.07, 6.45) is 2.42. The Kier molecular flexibility index (Phi) is 7.21. The highest BCUT2D eigenvalue weighted by Gasteiger charge is 2.02. The van der Waals surface area contributed by atoms with Crippen LogP contribution < -0.4 is 5.32 Å². The van der Waals surface area contributed by atoms with E-state index < -0.39 is 0 Å². The SMILES string of the molecule is CCc1ccc(CCC(=O)NCCSc2ccc(C)cc2)cc1. The molecule has 0 aliphatic heterocycles. The summed E-state index contributed by atoms with van der Waals surface area (Å²) in [6, 6.07) is 17.0. The van der Waals surface area contributed by atoms with Crippen molar-refractivity contribution in [2.24, 2.45) is 0 Å². The quantitative estimate of drug-likeness (QED) is 0.575. The van der Waals surface area contributed by atoms with Crippen molar-refractivity contribution in [3.05, 3.63) is 65.2 Å². The maximum atomic E-state index is 11.9. The van der Waals surface area contributed by atoms with Crippen molar-refractivity contribution >= 4 is 17.7 Å². The van der Waals surface area contributed by atoms with Gasteiger partial charge in [0.25, 0.3) is 0 Å². The van der Waals surface area contributed by atoms with Gasteiger partial charge in [0.2, 0.25) is 5.91 Å². The van der Waals surface area contributed by atoms with Crippen LogP contribution in [0, 0.1) is 6.92 Å². The van der Waals surface area contributed by atoms with Crippen LogP contribution in [0.3, 0.4) is 0 Å². The molecule has 23 heavy (non-hydrogen) atoms. The fraction of sp³-hybridized carbons (Fsp3) is 0.350. The molecule has 0 saturated carbocycles. The zero-order chi connectivity index (χ0) is 16.5. The Morgan fingerprint density at radius 2 is 1.65 bits per heavy atom. The lowest BCUT2D eigenvalue weighted by Crippen LogP contribution is -2.25. The Balaban J connectivity index is 1.62. The van der Waals surface area contributed by atoms with E-state index in [1.54, 1.807) is 11.8 Å². The predicted octanol–water partition coefficient (Wildman–Crippen LogP) is 4.40. The second-order valence-corrected chi connectivity index (χ2v) is 6.85. The molecule has 2 aromatic rings. The third-order valence-corrected chi connectivity index (χ3v) is 4.80. The van der Waals surface area contributed by atoms with Gasteiger partial charge >= 0.3 is 0 Å². The molecule has 2 nitrogen and oxygen atoms in total. The van der Waals surface area contributed by atoms with Crippen LogP contribution in [0.5, 0.6) is 0 Å².